The Bertz CT molecular complexity index is 1190. The standard InChI is InChI=1S/C32H39NO3Si/c1-6-22-32(30(34)35-5)29-20-14-13-19-28(29)25(24-33-32)21-23-36-37(31(2,3)4,26-15-9-7-10-16-26)27-17-11-8-12-18-27/h7-21,33H,6,22-24H2,1-5H3/b25-21+. The van der Waals surface area contributed by atoms with E-state index in [1.807, 2.05) is 18.2 Å². The van der Waals surface area contributed by atoms with E-state index in [-0.39, 0.29) is 11.0 Å². The molecular formula is C32H39NO3Si. The summed E-state index contributed by atoms with van der Waals surface area (Å²) in [7, 11) is -1.16. The van der Waals surface area contributed by atoms with Gasteiger partial charge in [-0.05, 0) is 38.5 Å². The summed E-state index contributed by atoms with van der Waals surface area (Å²) in [5.41, 5.74) is 2.39. The van der Waals surface area contributed by atoms with Crippen LogP contribution in [0.25, 0.3) is 5.57 Å². The second kappa shape index (κ2) is 11.2. The molecule has 1 atom stereocenters. The lowest BCUT2D eigenvalue weighted by Crippen LogP contribution is -2.66. The third-order valence-electron chi connectivity index (χ3n) is 7.52. The molecule has 0 amide bonds. The summed E-state index contributed by atoms with van der Waals surface area (Å²) in [6, 6.07) is 29.6. The second-order valence-electron chi connectivity index (χ2n) is 10.7. The van der Waals surface area contributed by atoms with E-state index in [0.717, 1.165) is 23.1 Å². The van der Waals surface area contributed by atoms with Crippen LogP contribution in [0.3, 0.4) is 0 Å². The lowest BCUT2D eigenvalue weighted by atomic mass is 9.77. The molecule has 0 aliphatic carbocycles. The van der Waals surface area contributed by atoms with Crippen molar-refractivity contribution in [3.05, 3.63) is 102 Å². The lowest BCUT2D eigenvalue weighted by Gasteiger charge is -2.43. The Balaban J connectivity index is 1.74. The Morgan fingerprint density at radius 3 is 2.05 bits per heavy atom. The summed E-state index contributed by atoms with van der Waals surface area (Å²) in [5.74, 6) is -0.232. The van der Waals surface area contributed by atoms with Gasteiger partial charge in [-0.25, -0.2) is 4.79 Å². The molecule has 1 aliphatic rings. The van der Waals surface area contributed by atoms with E-state index < -0.39 is 13.9 Å². The van der Waals surface area contributed by atoms with Gasteiger partial charge in [0.1, 0.15) is 5.54 Å². The highest BCUT2D eigenvalue weighted by Crippen LogP contribution is 2.39. The van der Waals surface area contributed by atoms with Crippen molar-refractivity contribution in [3.63, 3.8) is 0 Å². The van der Waals surface area contributed by atoms with Crippen molar-refractivity contribution in [1.82, 2.24) is 5.32 Å². The van der Waals surface area contributed by atoms with Crippen LogP contribution in [0.15, 0.2) is 91.0 Å². The average molecular weight is 514 g/mol. The predicted octanol–water partition coefficient (Wildman–Crippen LogP) is 5.42. The maximum Gasteiger partial charge on any atom is 0.330 e. The Morgan fingerprint density at radius 1 is 0.946 bits per heavy atom. The summed E-state index contributed by atoms with van der Waals surface area (Å²) < 4.78 is 12.4. The van der Waals surface area contributed by atoms with Crippen LogP contribution in [-0.2, 0) is 19.5 Å². The number of esters is 1. The van der Waals surface area contributed by atoms with Gasteiger partial charge in [-0.2, -0.15) is 0 Å². The molecule has 1 unspecified atom stereocenters. The van der Waals surface area contributed by atoms with Crippen LogP contribution < -0.4 is 15.7 Å². The van der Waals surface area contributed by atoms with Crippen LogP contribution in [0.5, 0.6) is 0 Å². The summed E-state index contributed by atoms with van der Waals surface area (Å²) in [4.78, 5) is 13.0. The van der Waals surface area contributed by atoms with Crippen molar-refractivity contribution in [2.45, 2.75) is 51.1 Å². The molecule has 4 nitrogen and oxygen atoms in total. The zero-order valence-electron chi connectivity index (χ0n) is 22.7. The maximum atomic E-state index is 13.0. The van der Waals surface area contributed by atoms with Gasteiger partial charge in [-0.15, -0.1) is 0 Å². The molecule has 0 spiro atoms. The van der Waals surface area contributed by atoms with E-state index in [1.54, 1.807) is 0 Å². The third kappa shape index (κ3) is 4.96. The molecule has 1 heterocycles. The number of carbonyl (C=O) groups is 1. The third-order valence-corrected chi connectivity index (χ3v) is 12.5. The first-order chi connectivity index (χ1) is 17.8. The molecular weight excluding hydrogens is 474 g/mol. The van der Waals surface area contributed by atoms with Crippen molar-refractivity contribution in [3.8, 4) is 0 Å². The normalized spacial score (nSPS) is 18.9. The van der Waals surface area contributed by atoms with E-state index in [1.165, 1.54) is 17.5 Å². The highest BCUT2D eigenvalue weighted by atomic mass is 28.4. The average Bonchev–Trinajstić information content (AvgIpc) is 2.92. The second-order valence-corrected chi connectivity index (χ2v) is 15.1. The molecule has 0 saturated carbocycles. The van der Waals surface area contributed by atoms with Gasteiger partial charge < -0.3 is 9.16 Å². The van der Waals surface area contributed by atoms with Crippen molar-refractivity contribution in [2.75, 3.05) is 20.3 Å². The van der Waals surface area contributed by atoms with Crippen LogP contribution in [0, 0.1) is 0 Å². The first kappa shape index (κ1) is 27.1. The highest BCUT2D eigenvalue weighted by molar-refractivity contribution is 6.99. The molecule has 3 aromatic carbocycles. The fraction of sp³-hybridized carbons (Fsp3) is 0.344. The van der Waals surface area contributed by atoms with Gasteiger partial charge in [-0.1, -0.05) is 125 Å². The number of hydrogen-bond donors (Lipinski definition) is 1. The largest absolute Gasteiger partial charge is 0.467 e. The van der Waals surface area contributed by atoms with E-state index in [2.05, 4.69) is 106 Å². The molecule has 0 aromatic heterocycles. The number of benzene rings is 3. The highest BCUT2D eigenvalue weighted by Gasteiger charge is 2.50. The van der Waals surface area contributed by atoms with Crippen molar-refractivity contribution in [2.24, 2.45) is 0 Å². The van der Waals surface area contributed by atoms with Gasteiger partial charge in [0.25, 0.3) is 8.32 Å². The van der Waals surface area contributed by atoms with Gasteiger partial charge in [0.05, 0.1) is 13.7 Å². The molecule has 194 valence electrons. The zero-order valence-corrected chi connectivity index (χ0v) is 23.7. The molecule has 5 heteroatoms. The quantitative estimate of drug-likeness (QED) is 0.323. The molecule has 0 saturated heterocycles. The zero-order chi connectivity index (χ0) is 26.5. The Kier molecular flexibility index (Phi) is 8.17. The van der Waals surface area contributed by atoms with E-state index >= 15 is 0 Å². The van der Waals surface area contributed by atoms with Gasteiger partial charge >= 0.3 is 5.97 Å². The van der Waals surface area contributed by atoms with E-state index in [0.29, 0.717) is 19.6 Å². The van der Waals surface area contributed by atoms with Gasteiger partial charge in [0.2, 0.25) is 0 Å². The molecule has 1 N–H and O–H groups in total. The Labute approximate surface area is 222 Å². The number of carbonyl (C=O) groups excluding carboxylic acids is 1. The summed E-state index contributed by atoms with van der Waals surface area (Å²) in [5, 5.41) is 5.99. The first-order valence-corrected chi connectivity index (χ1v) is 15.1. The maximum absolute atomic E-state index is 13.0. The van der Waals surface area contributed by atoms with Crippen LogP contribution in [0.4, 0.5) is 0 Å². The first-order valence-electron chi connectivity index (χ1n) is 13.2. The Morgan fingerprint density at radius 2 is 1.51 bits per heavy atom. The molecule has 1 aliphatic heterocycles. The van der Waals surface area contributed by atoms with Gasteiger partial charge in [0.15, 0.2) is 0 Å². The minimum atomic E-state index is -2.63. The molecule has 0 radical (unpaired) electrons. The number of fused-ring (bicyclic) bond motifs is 1. The van der Waals surface area contributed by atoms with Crippen molar-refractivity contribution >= 4 is 30.2 Å². The SMILES string of the molecule is CCCC1(C(=O)OC)NC/C(=C\CO[Si](c2ccccc2)(c2ccccc2)C(C)(C)C)c2ccccc21. The van der Waals surface area contributed by atoms with Crippen molar-refractivity contribution < 1.29 is 14.0 Å². The minimum absolute atomic E-state index is 0.0852. The number of nitrogens with one attached hydrogen (secondary N) is 1. The van der Waals surface area contributed by atoms with Crippen LogP contribution >= 0.6 is 0 Å². The molecule has 0 bridgehead atoms. The summed E-state index contributed by atoms with van der Waals surface area (Å²) in [6.07, 6.45) is 3.74. The fourth-order valence-corrected chi connectivity index (χ4v) is 10.3. The van der Waals surface area contributed by atoms with Crippen LogP contribution in [-0.4, -0.2) is 34.5 Å². The minimum Gasteiger partial charge on any atom is -0.467 e. The molecule has 3 aromatic rings. The van der Waals surface area contributed by atoms with Crippen LogP contribution in [0.2, 0.25) is 5.04 Å². The van der Waals surface area contributed by atoms with E-state index in [4.69, 9.17) is 9.16 Å². The van der Waals surface area contributed by atoms with Gasteiger partial charge in [0, 0.05) is 6.54 Å². The lowest BCUT2D eigenvalue weighted by molar-refractivity contribution is -0.149. The topological polar surface area (TPSA) is 47.6 Å². The van der Waals surface area contributed by atoms with Crippen LogP contribution in [0.1, 0.15) is 51.7 Å². The van der Waals surface area contributed by atoms with Crippen molar-refractivity contribution in [1.29, 1.82) is 0 Å². The molecule has 4 rings (SSSR count). The summed E-state index contributed by atoms with van der Waals surface area (Å²) >= 11 is 0. The summed E-state index contributed by atoms with van der Waals surface area (Å²) in [6.45, 7) is 10.0. The number of hydrogen-bond acceptors (Lipinski definition) is 4. The number of methoxy groups -OCH3 is 1. The van der Waals surface area contributed by atoms with Gasteiger partial charge in [-0.3, -0.25) is 5.32 Å². The Hall–Kier alpha value is -2.99. The van der Waals surface area contributed by atoms with E-state index in [9.17, 15) is 4.79 Å². The monoisotopic (exact) mass is 513 g/mol. The molecule has 37 heavy (non-hydrogen) atoms. The fourth-order valence-electron chi connectivity index (χ4n) is 5.84. The molecule has 0 fully saturated rings. The number of rotatable bonds is 8. The predicted molar refractivity (Wildman–Crippen MR) is 155 cm³/mol. The smallest absolute Gasteiger partial charge is 0.330 e. The number of ether oxygens (including phenoxy) is 1.